The lowest BCUT2D eigenvalue weighted by Crippen LogP contribution is -2.29. The Balaban J connectivity index is 2.18. The van der Waals surface area contributed by atoms with Gasteiger partial charge in [0.05, 0.1) is 18.2 Å². The molecule has 1 aromatic carbocycles. The molecule has 1 amide bonds. The van der Waals surface area contributed by atoms with Crippen molar-refractivity contribution in [1.82, 2.24) is 20.1 Å². The number of nitrogens with one attached hydrogen (secondary N) is 1. The van der Waals surface area contributed by atoms with E-state index < -0.39 is 23.7 Å². The number of rotatable bonds is 6. The highest BCUT2D eigenvalue weighted by Crippen LogP contribution is 2.30. The number of benzene rings is 1. The van der Waals surface area contributed by atoms with Gasteiger partial charge >= 0.3 is 6.18 Å². The number of methoxy groups -OCH3 is 1. The summed E-state index contributed by atoms with van der Waals surface area (Å²) in [5.74, 6) is -0.104. The number of aryl methyl sites for hydroxylation is 1. The third-order valence-corrected chi connectivity index (χ3v) is 3.73. The number of hydrogen-bond donors (Lipinski definition) is 1. The molecular formula is C16H19F3N4O2. The summed E-state index contributed by atoms with van der Waals surface area (Å²) in [6.45, 7) is 4.22. The van der Waals surface area contributed by atoms with Gasteiger partial charge in [-0.15, -0.1) is 10.2 Å². The minimum absolute atomic E-state index is 0.0235. The molecule has 1 atom stereocenters. The van der Waals surface area contributed by atoms with E-state index in [9.17, 15) is 18.0 Å². The average Bonchev–Trinajstić information content (AvgIpc) is 3.00. The molecule has 0 radical (unpaired) electrons. The lowest BCUT2D eigenvalue weighted by Gasteiger charge is -2.16. The van der Waals surface area contributed by atoms with Crippen molar-refractivity contribution in [3.8, 4) is 0 Å². The highest BCUT2D eigenvalue weighted by atomic mass is 19.4. The van der Waals surface area contributed by atoms with Gasteiger partial charge in [0.1, 0.15) is 6.33 Å². The van der Waals surface area contributed by atoms with Gasteiger partial charge in [0.15, 0.2) is 5.82 Å². The van der Waals surface area contributed by atoms with Crippen molar-refractivity contribution in [3.05, 3.63) is 47.0 Å². The van der Waals surface area contributed by atoms with Gasteiger partial charge in [0.25, 0.3) is 5.91 Å². The van der Waals surface area contributed by atoms with Crippen LogP contribution in [-0.4, -0.2) is 34.4 Å². The summed E-state index contributed by atoms with van der Waals surface area (Å²) < 4.78 is 45.3. The monoisotopic (exact) mass is 356 g/mol. The molecule has 2 rings (SSSR count). The number of amides is 1. The van der Waals surface area contributed by atoms with Crippen molar-refractivity contribution in [3.63, 3.8) is 0 Å². The number of aromatic nitrogens is 3. The van der Waals surface area contributed by atoms with Crippen molar-refractivity contribution in [2.45, 2.75) is 32.6 Å². The van der Waals surface area contributed by atoms with Crippen molar-refractivity contribution in [2.75, 3.05) is 13.7 Å². The molecule has 136 valence electrons. The summed E-state index contributed by atoms with van der Waals surface area (Å²) >= 11 is 0. The molecule has 0 unspecified atom stereocenters. The SMILES string of the molecule is COCCn1cnnc1[C@@H](C)NC(=O)c1cc(C(F)(F)F)ccc1C. The molecule has 0 fully saturated rings. The summed E-state index contributed by atoms with van der Waals surface area (Å²) in [5, 5.41) is 10.4. The minimum Gasteiger partial charge on any atom is -0.383 e. The maximum atomic E-state index is 12.9. The molecule has 2 aromatic rings. The first-order valence-electron chi connectivity index (χ1n) is 7.59. The molecule has 0 spiro atoms. The number of halogens is 3. The van der Waals surface area contributed by atoms with Gasteiger partial charge in [-0.25, -0.2) is 0 Å². The van der Waals surface area contributed by atoms with E-state index >= 15 is 0 Å². The molecule has 0 saturated carbocycles. The van der Waals surface area contributed by atoms with Crippen LogP contribution in [0.3, 0.4) is 0 Å². The van der Waals surface area contributed by atoms with Gasteiger partial charge < -0.3 is 14.6 Å². The molecular weight excluding hydrogens is 337 g/mol. The first kappa shape index (κ1) is 18.9. The van der Waals surface area contributed by atoms with Gasteiger partial charge in [0, 0.05) is 19.2 Å². The topological polar surface area (TPSA) is 69.0 Å². The summed E-state index contributed by atoms with van der Waals surface area (Å²) in [4.78, 5) is 12.4. The average molecular weight is 356 g/mol. The number of carbonyl (C=O) groups is 1. The molecule has 0 saturated heterocycles. The van der Waals surface area contributed by atoms with Crippen molar-refractivity contribution >= 4 is 5.91 Å². The summed E-state index contributed by atoms with van der Waals surface area (Å²) in [6.07, 6.45) is -3.00. The molecule has 0 bridgehead atoms. The highest BCUT2D eigenvalue weighted by Gasteiger charge is 2.31. The van der Waals surface area contributed by atoms with Gasteiger partial charge in [-0.05, 0) is 31.5 Å². The molecule has 0 aliphatic carbocycles. The number of ether oxygens (including phenoxy) is 1. The van der Waals surface area contributed by atoms with E-state index in [1.807, 2.05) is 0 Å². The third-order valence-electron chi connectivity index (χ3n) is 3.73. The smallest absolute Gasteiger partial charge is 0.383 e. The lowest BCUT2D eigenvalue weighted by molar-refractivity contribution is -0.137. The van der Waals surface area contributed by atoms with Crippen LogP contribution >= 0.6 is 0 Å². The normalized spacial score (nSPS) is 12.9. The van der Waals surface area contributed by atoms with E-state index in [0.29, 0.717) is 24.5 Å². The Morgan fingerprint density at radius 2 is 2.12 bits per heavy atom. The van der Waals surface area contributed by atoms with Crippen LogP contribution in [0.5, 0.6) is 0 Å². The maximum absolute atomic E-state index is 12.9. The molecule has 9 heteroatoms. The Hall–Kier alpha value is -2.42. The van der Waals surface area contributed by atoms with Gasteiger partial charge in [-0.1, -0.05) is 6.07 Å². The zero-order chi connectivity index (χ0) is 18.6. The van der Waals surface area contributed by atoms with Gasteiger partial charge in [-0.2, -0.15) is 13.2 Å². The van der Waals surface area contributed by atoms with E-state index in [2.05, 4.69) is 15.5 Å². The largest absolute Gasteiger partial charge is 0.416 e. The standard InChI is InChI=1S/C16H19F3N4O2/c1-10-4-5-12(16(17,18)19)8-13(10)15(24)21-11(2)14-22-20-9-23(14)6-7-25-3/h4-5,8-9,11H,6-7H2,1-3H3,(H,21,24)/t11-/m1/s1. The molecule has 6 nitrogen and oxygen atoms in total. The molecule has 1 aromatic heterocycles. The number of hydrogen-bond acceptors (Lipinski definition) is 4. The van der Waals surface area contributed by atoms with E-state index in [1.54, 1.807) is 25.5 Å². The quantitative estimate of drug-likeness (QED) is 0.864. The second-order valence-electron chi connectivity index (χ2n) is 5.60. The fourth-order valence-electron chi connectivity index (χ4n) is 2.34. The van der Waals surface area contributed by atoms with Crippen LogP contribution in [0.2, 0.25) is 0 Å². The predicted octanol–water partition coefficient (Wildman–Crippen LogP) is 2.74. The van der Waals surface area contributed by atoms with Crippen LogP contribution in [0.25, 0.3) is 0 Å². The Bertz CT molecular complexity index is 743. The fraction of sp³-hybridized carbons (Fsp3) is 0.438. The lowest BCUT2D eigenvalue weighted by atomic mass is 10.0. The van der Waals surface area contributed by atoms with Crippen molar-refractivity contribution in [1.29, 1.82) is 0 Å². The van der Waals surface area contributed by atoms with Crippen LogP contribution < -0.4 is 5.32 Å². The number of carbonyl (C=O) groups excluding carboxylic acids is 1. The Kier molecular flexibility index (Phi) is 5.78. The predicted molar refractivity (Wildman–Crippen MR) is 84.0 cm³/mol. The van der Waals surface area contributed by atoms with Gasteiger partial charge in [-0.3, -0.25) is 4.79 Å². The van der Waals surface area contributed by atoms with E-state index in [0.717, 1.165) is 12.1 Å². The second-order valence-corrected chi connectivity index (χ2v) is 5.60. The molecule has 0 aliphatic rings. The van der Waals surface area contributed by atoms with Crippen LogP contribution in [0.15, 0.2) is 24.5 Å². The van der Waals surface area contributed by atoms with Gasteiger partial charge in [0.2, 0.25) is 0 Å². The van der Waals surface area contributed by atoms with Crippen LogP contribution in [0, 0.1) is 6.92 Å². The summed E-state index contributed by atoms with van der Waals surface area (Å²) in [6, 6.07) is 2.56. The van der Waals surface area contributed by atoms with Crippen molar-refractivity contribution in [2.24, 2.45) is 0 Å². The second kappa shape index (κ2) is 7.64. The van der Waals surface area contributed by atoms with Crippen LogP contribution in [-0.2, 0) is 17.5 Å². The minimum atomic E-state index is -4.51. The Morgan fingerprint density at radius 3 is 2.76 bits per heavy atom. The van der Waals surface area contributed by atoms with E-state index in [-0.39, 0.29) is 5.56 Å². The molecule has 1 N–H and O–H groups in total. The zero-order valence-electron chi connectivity index (χ0n) is 14.1. The van der Waals surface area contributed by atoms with E-state index in [1.165, 1.54) is 12.4 Å². The molecule has 0 aliphatic heterocycles. The molecule has 1 heterocycles. The van der Waals surface area contributed by atoms with E-state index in [4.69, 9.17) is 4.74 Å². The molecule has 25 heavy (non-hydrogen) atoms. The number of alkyl halides is 3. The first-order chi connectivity index (χ1) is 11.7. The fourth-order valence-corrected chi connectivity index (χ4v) is 2.34. The van der Waals surface area contributed by atoms with Crippen LogP contribution in [0.4, 0.5) is 13.2 Å². The summed E-state index contributed by atoms with van der Waals surface area (Å²) in [5.41, 5.74) is -0.428. The zero-order valence-corrected chi connectivity index (χ0v) is 14.1. The number of nitrogens with zero attached hydrogens (tertiary/aromatic N) is 3. The first-order valence-corrected chi connectivity index (χ1v) is 7.59. The maximum Gasteiger partial charge on any atom is 0.416 e. The Morgan fingerprint density at radius 1 is 1.40 bits per heavy atom. The summed E-state index contributed by atoms with van der Waals surface area (Å²) in [7, 11) is 1.56. The Labute approximate surface area is 143 Å². The van der Waals surface area contributed by atoms with Crippen molar-refractivity contribution < 1.29 is 22.7 Å². The van der Waals surface area contributed by atoms with Crippen LogP contribution in [0.1, 0.15) is 40.3 Å². The third kappa shape index (κ3) is 4.56. The highest BCUT2D eigenvalue weighted by molar-refractivity contribution is 5.96.